The molecular formula is C47H31N3O. The molecule has 0 radical (unpaired) electrons. The molecule has 4 nitrogen and oxygen atoms in total. The van der Waals surface area contributed by atoms with Crippen LogP contribution in [0, 0.1) is 0 Å². The maximum atomic E-state index is 6.47. The van der Waals surface area contributed by atoms with Gasteiger partial charge in [-0.2, -0.15) is 0 Å². The molecule has 240 valence electrons. The molecule has 0 amide bonds. The second-order valence-electron chi connectivity index (χ2n) is 13.0. The maximum Gasteiger partial charge on any atom is 0.160 e. The summed E-state index contributed by atoms with van der Waals surface area (Å²) in [6, 6.07) is 61.7. The summed E-state index contributed by atoms with van der Waals surface area (Å²) in [5.74, 6) is 1.51. The number of benzene rings is 8. The number of aliphatic imine (C=N–C) groups is 2. The quantitative estimate of drug-likeness (QED) is 0.201. The van der Waals surface area contributed by atoms with E-state index in [1.54, 1.807) is 0 Å². The van der Waals surface area contributed by atoms with Gasteiger partial charge in [0, 0.05) is 21.9 Å². The molecule has 1 aliphatic heterocycles. The SMILES string of the molecule is c1ccc(C2=NC(c3ccc(-c4cccc5oc6ccc(-c7ccc8ccccc8c7)cc6c45)c4ccccc34)=NC(c3ccccc3)N2)cc1. The zero-order valence-electron chi connectivity index (χ0n) is 27.6. The van der Waals surface area contributed by atoms with Crippen molar-refractivity contribution >= 4 is 55.2 Å². The van der Waals surface area contributed by atoms with E-state index in [9.17, 15) is 0 Å². The van der Waals surface area contributed by atoms with Crippen molar-refractivity contribution in [3.05, 3.63) is 193 Å². The molecule has 0 aliphatic carbocycles. The fraction of sp³-hybridized carbons (Fsp3) is 0.0213. The first-order valence-electron chi connectivity index (χ1n) is 17.3. The predicted molar refractivity (Wildman–Crippen MR) is 211 cm³/mol. The highest BCUT2D eigenvalue weighted by Gasteiger charge is 2.23. The first-order chi connectivity index (χ1) is 25.3. The van der Waals surface area contributed by atoms with Crippen LogP contribution >= 0.6 is 0 Å². The topological polar surface area (TPSA) is 49.9 Å². The highest BCUT2D eigenvalue weighted by Crippen LogP contribution is 2.41. The Morgan fingerprint density at radius 1 is 0.451 bits per heavy atom. The van der Waals surface area contributed by atoms with Gasteiger partial charge in [0.15, 0.2) is 5.84 Å². The zero-order chi connectivity index (χ0) is 33.7. The van der Waals surface area contributed by atoms with Gasteiger partial charge in [-0.25, -0.2) is 9.98 Å². The van der Waals surface area contributed by atoms with Crippen LogP contribution in [0.15, 0.2) is 190 Å². The van der Waals surface area contributed by atoms with E-state index in [1.807, 2.05) is 24.3 Å². The van der Waals surface area contributed by atoms with Gasteiger partial charge in [0.2, 0.25) is 0 Å². The highest BCUT2D eigenvalue weighted by atomic mass is 16.3. The van der Waals surface area contributed by atoms with Crippen LogP contribution in [0.5, 0.6) is 0 Å². The molecule has 2 heterocycles. The molecule has 0 saturated heterocycles. The van der Waals surface area contributed by atoms with Gasteiger partial charge in [0.1, 0.15) is 23.2 Å². The van der Waals surface area contributed by atoms with Crippen molar-refractivity contribution in [3.8, 4) is 22.3 Å². The number of amidine groups is 2. The van der Waals surface area contributed by atoms with Crippen molar-refractivity contribution in [2.24, 2.45) is 9.98 Å². The molecule has 51 heavy (non-hydrogen) atoms. The lowest BCUT2D eigenvalue weighted by molar-refractivity contribution is 0.669. The lowest BCUT2D eigenvalue weighted by atomic mass is 9.91. The summed E-state index contributed by atoms with van der Waals surface area (Å²) in [5, 5.41) is 10.5. The largest absolute Gasteiger partial charge is 0.456 e. The van der Waals surface area contributed by atoms with Crippen LogP contribution in [0.2, 0.25) is 0 Å². The number of hydrogen-bond acceptors (Lipinski definition) is 4. The second-order valence-corrected chi connectivity index (χ2v) is 13.0. The van der Waals surface area contributed by atoms with Crippen LogP contribution in [-0.4, -0.2) is 11.7 Å². The van der Waals surface area contributed by atoms with Crippen molar-refractivity contribution in [1.29, 1.82) is 0 Å². The fourth-order valence-corrected chi connectivity index (χ4v) is 7.45. The van der Waals surface area contributed by atoms with Crippen LogP contribution < -0.4 is 5.32 Å². The molecule has 10 rings (SSSR count). The average molecular weight is 654 g/mol. The second kappa shape index (κ2) is 12.0. The fourth-order valence-electron chi connectivity index (χ4n) is 7.45. The molecule has 8 aromatic carbocycles. The average Bonchev–Trinajstić information content (AvgIpc) is 3.59. The summed E-state index contributed by atoms with van der Waals surface area (Å²) in [6.07, 6.45) is -0.268. The Bertz CT molecular complexity index is 2830. The van der Waals surface area contributed by atoms with E-state index < -0.39 is 0 Å². The number of rotatable bonds is 5. The Hall–Kier alpha value is -6.78. The van der Waals surface area contributed by atoms with Gasteiger partial charge in [0.05, 0.1) is 0 Å². The number of fused-ring (bicyclic) bond motifs is 5. The van der Waals surface area contributed by atoms with Crippen molar-refractivity contribution < 1.29 is 4.42 Å². The minimum atomic E-state index is -0.268. The Kier molecular flexibility index (Phi) is 6.85. The Morgan fingerprint density at radius 2 is 1.14 bits per heavy atom. The van der Waals surface area contributed by atoms with Gasteiger partial charge in [0.25, 0.3) is 0 Å². The van der Waals surface area contributed by atoms with E-state index in [2.05, 4.69) is 157 Å². The molecule has 0 saturated carbocycles. The molecule has 1 N–H and O–H groups in total. The molecule has 1 aromatic heterocycles. The van der Waals surface area contributed by atoms with Crippen LogP contribution in [-0.2, 0) is 0 Å². The first kappa shape index (κ1) is 29.2. The zero-order valence-corrected chi connectivity index (χ0v) is 27.6. The lowest BCUT2D eigenvalue weighted by Crippen LogP contribution is -2.33. The van der Waals surface area contributed by atoms with E-state index in [0.29, 0.717) is 5.84 Å². The van der Waals surface area contributed by atoms with Crippen LogP contribution in [0.4, 0.5) is 0 Å². The number of nitrogens with one attached hydrogen (secondary N) is 1. The summed E-state index contributed by atoms with van der Waals surface area (Å²) in [7, 11) is 0. The molecule has 1 aliphatic rings. The number of furan rings is 1. The van der Waals surface area contributed by atoms with E-state index >= 15 is 0 Å². The minimum absolute atomic E-state index is 0.268. The molecule has 0 spiro atoms. The van der Waals surface area contributed by atoms with E-state index in [1.165, 1.54) is 16.3 Å². The minimum Gasteiger partial charge on any atom is -0.456 e. The third-order valence-corrected chi connectivity index (χ3v) is 9.94. The van der Waals surface area contributed by atoms with E-state index in [-0.39, 0.29) is 6.17 Å². The normalized spacial score (nSPS) is 14.5. The number of nitrogens with zero attached hydrogens (tertiary/aromatic N) is 2. The summed E-state index contributed by atoms with van der Waals surface area (Å²) in [5.41, 5.74) is 9.47. The Morgan fingerprint density at radius 3 is 1.98 bits per heavy atom. The Balaban J connectivity index is 1.14. The first-order valence-corrected chi connectivity index (χ1v) is 17.3. The smallest absolute Gasteiger partial charge is 0.160 e. The molecular weight excluding hydrogens is 623 g/mol. The van der Waals surface area contributed by atoms with Crippen LogP contribution in [0.3, 0.4) is 0 Å². The third-order valence-electron chi connectivity index (χ3n) is 9.94. The predicted octanol–water partition coefficient (Wildman–Crippen LogP) is 11.7. The monoisotopic (exact) mass is 653 g/mol. The molecule has 4 heteroatoms. The van der Waals surface area contributed by atoms with Gasteiger partial charge < -0.3 is 9.73 Å². The van der Waals surface area contributed by atoms with Crippen molar-refractivity contribution in [2.45, 2.75) is 6.17 Å². The van der Waals surface area contributed by atoms with Gasteiger partial charge in [-0.1, -0.05) is 146 Å². The standard InChI is InChI=1S/C47H31N3O/c1-3-13-31(14-4-1)45-48-46(32-15-5-2-6-16-32)50-47(49-45)40-26-25-38(36-18-9-10-19-37(36)40)39-20-11-21-43-44(39)41-29-35(24-27-42(41)51-43)34-23-22-30-12-7-8-17-33(30)28-34/h1-29,45H,(H,48,49,50). The van der Waals surface area contributed by atoms with Gasteiger partial charge in [-0.15, -0.1) is 0 Å². The Labute approximate surface area is 295 Å². The third kappa shape index (κ3) is 5.08. The molecule has 0 fully saturated rings. The van der Waals surface area contributed by atoms with Crippen molar-refractivity contribution in [1.82, 2.24) is 5.32 Å². The van der Waals surface area contributed by atoms with Gasteiger partial charge in [-0.3, -0.25) is 0 Å². The lowest BCUT2D eigenvalue weighted by Gasteiger charge is -2.24. The summed E-state index contributed by atoms with van der Waals surface area (Å²) >= 11 is 0. The molecule has 0 bridgehead atoms. The highest BCUT2D eigenvalue weighted by molar-refractivity contribution is 6.21. The van der Waals surface area contributed by atoms with E-state index in [0.717, 1.165) is 71.9 Å². The van der Waals surface area contributed by atoms with Gasteiger partial charge >= 0.3 is 0 Å². The van der Waals surface area contributed by atoms with Crippen molar-refractivity contribution in [2.75, 3.05) is 0 Å². The maximum absolute atomic E-state index is 6.47. The van der Waals surface area contributed by atoms with Crippen LogP contribution in [0.1, 0.15) is 22.9 Å². The van der Waals surface area contributed by atoms with Crippen LogP contribution in [0.25, 0.3) is 65.7 Å². The summed E-state index contributed by atoms with van der Waals surface area (Å²) in [4.78, 5) is 10.3. The molecule has 1 unspecified atom stereocenters. The summed E-state index contributed by atoms with van der Waals surface area (Å²) < 4.78 is 6.47. The summed E-state index contributed by atoms with van der Waals surface area (Å²) in [6.45, 7) is 0. The molecule has 1 atom stereocenters. The molecule has 9 aromatic rings. The number of hydrogen-bond donors (Lipinski definition) is 1. The van der Waals surface area contributed by atoms with E-state index in [4.69, 9.17) is 14.4 Å². The van der Waals surface area contributed by atoms with Crippen molar-refractivity contribution in [3.63, 3.8) is 0 Å². The van der Waals surface area contributed by atoms with Gasteiger partial charge in [-0.05, 0) is 79.7 Å².